The van der Waals surface area contributed by atoms with Gasteiger partial charge in [-0.2, -0.15) is 0 Å². The van der Waals surface area contributed by atoms with Gasteiger partial charge in [0.25, 0.3) is 0 Å². The van der Waals surface area contributed by atoms with Crippen LogP contribution in [0, 0.1) is 0 Å². The zero-order valence-electron chi connectivity index (χ0n) is 23.7. The van der Waals surface area contributed by atoms with Gasteiger partial charge in [-0.1, -0.05) is 166 Å². The topological polar surface area (TPSA) is 55.4 Å². The van der Waals surface area contributed by atoms with Crippen molar-refractivity contribution in [3.63, 3.8) is 0 Å². The van der Waals surface area contributed by atoms with E-state index < -0.39 is 45.0 Å². The Balaban J connectivity index is -0.00000308. The average Bonchev–Trinajstić information content (AvgIpc) is 3.01. The molecule has 0 bridgehead atoms. The van der Waals surface area contributed by atoms with Gasteiger partial charge in [-0.25, -0.2) is 0 Å². The highest BCUT2D eigenvalue weighted by molar-refractivity contribution is 7.01. The molecule has 0 heterocycles. The Morgan fingerprint density at radius 3 is 0.739 bits per heavy atom. The molecule has 258 valence electrons. The molecule has 0 N–H and O–H groups in total. The van der Waals surface area contributed by atoms with Gasteiger partial charge in [-0.3, -0.25) is 0 Å². The van der Waals surface area contributed by atoms with Gasteiger partial charge >= 0.3 is 45.0 Å². The summed E-state index contributed by atoms with van der Waals surface area (Å²) < 4.78 is 39.7. The maximum Gasteiger partial charge on any atom is 0.389 e. The van der Waals surface area contributed by atoms with Crippen LogP contribution in [-0.4, -0.2) is 59.2 Å². The van der Waals surface area contributed by atoms with E-state index in [1.165, 1.54) is 0 Å². The highest BCUT2D eigenvalue weighted by Crippen LogP contribution is 2.19. The second-order valence-electron chi connectivity index (χ2n) is 9.34. The maximum atomic E-state index is 7.21. The lowest BCUT2D eigenvalue weighted by atomic mass is 10.4. The highest BCUT2D eigenvalue weighted by Gasteiger charge is 2.50. The van der Waals surface area contributed by atoms with Crippen LogP contribution in [0.25, 0.3) is 0 Å². The molecule has 0 aliphatic carbocycles. The summed E-state index contributed by atoms with van der Waals surface area (Å²) >= 11 is 0. The Morgan fingerprint density at radius 2 is 0.543 bits per heavy atom. The molecule has 0 aromatic heterocycles. The molecule has 2 atom stereocenters. The second kappa shape index (κ2) is 23.1. The summed E-state index contributed by atoms with van der Waals surface area (Å²) in [5.74, 6) is 0. The SMILES string of the molecule is C.C.C.C.C.C.CO[SiH](C)O[Si](O[SiH](C)O[Si](O[SiH](C)OC)(c1ccccc1)c1ccccc1)(c1ccccc1)c1ccccc1. The van der Waals surface area contributed by atoms with Crippen molar-refractivity contribution in [3.05, 3.63) is 121 Å². The minimum atomic E-state index is -3.22. The zero-order chi connectivity index (χ0) is 28.4. The Morgan fingerprint density at radius 1 is 0.348 bits per heavy atom. The minimum absolute atomic E-state index is 0. The average molecular weight is 719 g/mol. The first-order valence-corrected chi connectivity index (χ1v) is 23.3. The van der Waals surface area contributed by atoms with Crippen LogP contribution in [0.3, 0.4) is 0 Å². The molecule has 2 unspecified atom stereocenters. The molecule has 4 rings (SSSR count). The third-order valence-electron chi connectivity index (χ3n) is 6.61. The molecule has 0 saturated heterocycles. The summed E-state index contributed by atoms with van der Waals surface area (Å²) in [4.78, 5) is 0. The molecule has 4 aromatic carbocycles. The van der Waals surface area contributed by atoms with E-state index in [1.54, 1.807) is 14.2 Å². The van der Waals surface area contributed by atoms with E-state index in [9.17, 15) is 0 Å². The summed E-state index contributed by atoms with van der Waals surface area (Å²) in [6.07, 6.45) is 0. The third kappa shape index (κ3) is 11.5. The quantitative estimate of drug-likeness (QED) is 0.144. The van der Waals surface area contributed by atoms with Crippen molar-refractivity contribution in [1.82, 2.24) is 0 Å². The molecule has 11 heteroatoms. The van der Waals surface area contributed by atoms with Crippen LogP contribution in [0.5, 0.6) is 0 Å². The molecular formula is C35H62O6Si5. The van der Waals surface area contributed by atoms with Gasteiger partial charge in [0, 0.05) is 14.2 Å². The Kier molecular flexibility index (Phi) is 24.2. The van der Waals surface area contributed by atoms with Crippen molar-refractivity contribution in [2.75, 3.05) is 14.2 Å². The number of hydrogen-bond donors (Lipinski definition) is 0. The smallest absolute Gasteiger partial charge is 0.389 e. The molecule has 0 saturated carbocycles. The Bertz CT molecular complexity index is 1110. The summed E-state index contributed by atoms with van der Waals surface area (Å²) in [6, 6.07) is 41.0. The predicted octanol–water partition coefficient (Wildman–Crippen LogP) is 6.23. The molecule has 0 radical (unpaired) electrons. The summed E-state index contributed by atoms with van der Waals surface area (Å²) in [7, 11) is -9.57. The summed E-state index contributed by atoms with van der Waals surface area (Å²) in [5.41, 5.74) is 0. The number of hydrogen-bond acceptors (Lipinski definition) is 6. The number of benzene rings is 4. The van der Waals surface area contributed by atoms with Crippen LogP contribution in [0.15, 0.2) is 121 Å². The Hall–Kier alpha value is -2.28. The molecule has 6 nitrogen and oxygen atoms in total. The molecule has 0 aliphatic heterocycles. The van der Waals surface area contributed by atoms with Gasteiger partial charge in [0.05, 0.1) is 0 Å². The van der Waals surface area contributed by atoms with E-state index in [2.05, 4.69) is 55.1 Å². The van der Waals surface area contributed by atoms with E-state index >= 15 is 0 Å². The lowest BCUT2D eigenvalue weighted by molar-refractivity contribution is 0.283. The van der Waals surface area contributed by atoms with Crippen LogP contribution in [0.1, 0.15) is 44.6 Å². The highest BCUT2D eigenvalue weighted by atomic mass is 28.5. The van der Waals surface area contributed by atoms with Gasteiger partial charge in [-0.05, 0) is 40.4 Å². The minimum Gasteiger partial charge on any atom is -0.411 e. The van der Waals surface area contributed by atoms with Gasteiger partial charge in [-0.15, -0.1) is 0 Å². The molecular weight excluding hydrogens is 657 g/mol. The molecule has 46 heavy (non-hydrogen) atoms. The molecule has 4 aromatic rings. The van der Waals surface area contributed by atoms with Crippen molar-refractivity contribution in [2.24, 2.45) is 0 Å². The van der Waals surface area contributed by atoms with Crippen LogP contribution < -0.4 is 20.7 Å². The van der Waals surface area contributed by atoms with E-state index in [1.807, 2.05) is 85.9 Å². The van der Waals surface area contributed by atoms with Crippen LogP contribution in [0.2, 0.25) is 19.6 Å². The fourth-order valence-electron chi connectivity index (χ4n) is 4.62. The maximum absolute atomic E-state index is 7.21. The van der Waals surface area contributed by atoms with Gasteiger partial charge in [0.2, 0.25) is 0 Å². The Labute approximate surface area is 289 Å². The van der Waals surface area contributed by atoms with Crippen molar-refractivity contribution in [2.45, 2.75) is 64.2 Å². The summed E-state index contributed by atoms with van der Waals surface area (Å²) in [5, 5.41) is 4.08. The molecule has 0 amide bonds. The van der Waals surface area contributed by atoms with E-state index in [0.29, 0.717) is 0 Å². The fraction of sp³-hybridized carbons (Fsp3) is 0.314. The van der Waals surface area contributed by atoms with Crippen LogP contribution >= 0.6 is 0 Å². The van der Waals surface area contributed by atoms with Crippen molar-refractivity contribution < 1.29 is 25.3 Å². The first-order valence-electron chi connectivity index (χ1n) is 13.4. The summed E-state index contributed by atoms with van der Waals surface area (Å²) in [6.45, 7) is 6.14. The number of rotatable bonds is 14. The van der Waals surface area contributed by atoms with Gasteiger partial charge < -0.3 is 25.3 Å². The normalized spacial score (nSPS) is 12.5. The van der Waals surface area contributed by atoms with Crippen LogP contribution in [0.4, 0.5) is 0 Å². The van der Waals surface area contributed by atoms with Crippen LogP contribution in [-0.2, 0) is 25.3 Å². The largest absolute Gasteiger partial charge is 0.411 e. The van der Waals surface area contributed by atoms with Crippen molar-refractivity contribution in [3.8, 4) is 0 Å². The van der Waals surface area contributed by atoms with E-state index in [-0.39, 0.29) is 44.6 Å². The van der Waals surface area contributed by atoms with E-state index in [4.69, 9.17) is 25.3 Å². The van der Waals surface area contributed by atoms with E-state index in [0.717, 1.165) is 20.7 Å². The first-order chi connectivity index (χ1) is 19.4. The van der Waals surface area contributed by atoms with Gasteiger partial charge in [0.15, 0.2) is 0 Å². The first kappa shape index (κ1) is 48.1. The standard InChI is InChI=1S/C29H38O6Si5.6CH4/c1-30-36(3)32-39(26-18-10-6-11-19-26,27-20-12-7-13-21-27)34-38(5)35-40(33-37(4)31-2,28-22-14-8-15-23-28)29-24-16-9-17-25-29;;;;;;/h6-25,36-38H,1-5H3;6*1H4. The molecule has 0 fully saturated rings. The van der Waals surface area contributed by atoms with Gasteiger partial charge in [0.1, 0.15) is 0 Å². The third-order valence-corrected chi connectivity index (χ3v) is 22.9. The lowest BCUT2D eigenvalue weighted by Crippen LogP contribution is -2.71. The predicted molar refractivity (Wildman–Crippen MR) is 214 cm³/mol. The monoisotopic (exact) mass is 718 g/mol. The lowest BCUT2D eigenvalue weighted by Gasteiger charge is -2.40. The zero-order valence-corrected chi connectivity index (χ0v) is 29.2. The fourth-order valence-corrected chi connectivity index (χ4v) is 22.5. The second-order valence-corrected chi connectivity index (χ2v) is 22.2. The molecule has 0 spiro atoms. The van der Waals surface area contributed by atoms with Crippen molar-refractivity contribution in [1.29, 1.82) is 0 Å². The van der Waals surface area contributed by atoms with Crippen molar-refractivity contribution >= 4 is 65.7 Å². The molecule has 0 aliphatic rings.